The molecule has 2 aromatic rings. The molecular weight excluding hydrogens is 417 g/mol. The smallest absolute Gasteiger partial charge is 0.121 e. The molecule has 1 unspecified atom stereocenters. The third-order valence-corrected chi connectivity index (χ3v) is 5.87. The van der Waals surface area contributed by atoms with Gasteiger partial charge in [0.25, 0.3) is 0 Å². The van der Waals surface area contributed by atoms with Gasteiger partial charge >= 0.3 is 0 Å². The predicted molar refractivity (Wildman–Crippen MR) is 129 cm³/mol. The first-order chi connectivity index (χ1) is 13.9. The van der Waals surface area contributed by atoms with E-state index in [1.807, 2.05) is 0 Å². The van der Waals surface area contributed by atoms with Gasteiger partial charge in [-0.1, -0.05) is 79.9 Å². The molecule has 0 aromatic heterocycles. The molecule has 2 N–H and O–H groups in total. The third-order valence-electron chi connectivity index (χ3n) is 5.87. The van der Waals surface area contributed by atoms with Gasteiger partial charge in [0.05, 0.1) is 6.54 Å². The van der Waals surface area contributed by atoms with Crippen molar-refractivity contribution in [1.82, 2.24) is 10.8 Å². The molecule has 1 fully saturated rings. The van der Waals surface area contributed by atoms with Gasteiger partial charge in [-0.15, -0.1) is 24.8 Å². The Morgan fingerprint density at radius 1 is 0.900 bits per heavy atom. The van der Waals surface area contributed by atoms with E-state index in [1.165, 1.54) is 43.2 Å². The fourth-order valence-corrected chi connectivity index (χ4v) is 4.24. The summed E-state index contributed by atoms with van der Waals surface area (Å²) < 4.78 is 0. The van der Waals surface area contributed by atoms with Crippen LogP contribution in [0.5, 0.6) is 0 Å². The largest absolute Gasteiger partial charge is 0.311 e. The SMILES string of the molecule is Cl.Cl.c1ccc(C(CC2=NCC(CNC3CCCCC3)ON2)c2ccccc2)cc1. The van der Waals surface area contributed by atoms with Crippen molar-refractivity contribution in [3.05, 3.63) is 71.8 Å². The van der Waals surface area contributed by atoms with Crippen LogP contribution < -0.4 is 10.8 Å². The van der Waals surface area contributed by atoms with Gasteiger partial charge in [0.1, 0.15) is 11.9 Å². The topological polar surface area (TPSA) is 45.7 Å². The number of nitrogens with zero attached hydrogens (tertiary/aromatic N) is 1. The summed E-state index contributed by atoms with van der Waals surface area (Å²) in [7, 11) is 0. The van der Waals surface area contributed by atoms with E-state index in [0.717, 1.165) is 25.3 Å². The minimum atomic E-state index is 0. The van der Waals surface area contributed by atoms with E-state index in [4.69, 9.17) is 9.83 Å². The monoisotopic (exact) mass is 449 g/mol. The minimum Gasteiger partial charge on any atom is -0.311 e. The molecule has 2 aliphatic rings. The lowest BCUT2D eigenvalue weighted by Crippen LogP contribution is -2.45. The zero-order valence-corrected chi connectivity index (χ0v) is 19.0. The van der Waals surface area contributed by atoms with Crippen molar-refractivity contribution in [1.29, 1.82) is 0 Å². The number of hydroxylamine groups is 1. The van der Waals surface area contributed by atoms with Gasteiger partial charge in [-0.05, 0) is 24.0 Å². The summed E-state index contributed by atoms with van der Waals surface area (Å²) in [5.74, 6) is 1.21. The minimum absolute atomic E-state index is 0. The third kappa shape index (κ3) is 6.98. The summed E-state index contributed by atoms with van der Waals surface area (Å²) in [6, 6.07) is 22.0. The lowest BCUT2D eigenvalue weighted by molar-refractivity contribution is 0.00382. The molecule has 4 nitrogen and oxygen atoms in total. The summed E-state index contributed by atoms with van der Waals surface area (Å²) in [5.41, 5.74) is 5.75. The molecule has 1 heterocycles. The Balaban J connectivity index is 0.00000160. The van der Waals surface area contributed by atoms with Crippen LogP contribution >= 0.6 is 24.8 Å². The molecule has 30 heavy (non-hydrogen) atoms. The summed E-state index contributed by atoms with van der Waals surface area (Å²) in [6.45, 7) is 1.59. The van der Waals surface area contributed by atoms with Crippen molar-refractivity contribution < 1.29 is 4.84 Å². The van der Waals surface area contributed by atoms with E-state index in [-0.39, 0.29) is 36.8 Å². The van der Waals surface area contributed by atoms with Crippen molar-refractivity contribution in [2.45, 2.75) is 56.6 Å². The lowest BCUT2D eigenvalue weighted by atomic mass is 9.88. The van der Waals surface area contributed by atoms with E-state index in [2.05, 4.69) is 71.5 Å². The van der Waals surface area contributed by atoms with Crippen LogP contribution in [0.3, 0.4) is 0 Å². The second kappa shape index (κ2) is 13.0. The number of halogens is 2. The molecule has 1 aliphatic carbocycles. The Morgan fingerprint density at radius 2 is 1.50 bits per heavy atom. The van der Waals surface area contributed by atoms with Crippen LogP contribution in [0.2, 0.25) is 0 Å². The van der Waals surface area contributed by atoms with Crippen LogP contribution in [-0.2, 0) is 4.84 Å². The fraction of sp³-hybridized carbons (Fsp3) is 0.458. The quantitative estimate of drug-likeness (QED) is 0.604. The highest BCUT2D eigenvalue weighted by atomic mass is 35.5. The van der Waals surface area contributed by atoms with Crippen molar-refractivity contribution >= 4 is 30.6 Å². The zero-order valence-electron chi connectivity index (χ0n) is 17.3. The molecule has 1 saturated carbocycles. The highest BCUT2D eigenvalue weighted by Gasteiger charge is 2.22. The highest BCUT2D eigenvalue weighted by molar-refractivity contribution is 5.85. The maximum absolute atomic E-state index is 5.91. The van der Waals surface area contributed by atoms with E-state index in [0.29, 0.717) is 6.04 Å². The molecule has 4 rings (SSSR count). The van der Waals surface area contributed by atoms with E-state index in [9.17, 15) is 0 Å². The van der Waals surface area contributed by atoms with Crippen LogP contribution in [0.4, 0.5) is 0 Å². The molecule has 0 amide bonds. The van der Waals surface area contributed by atoms with Crippen molar-refractivity contribution in [3.63, 3.8) is 0 Å². The molecule has 2 aromatic carbocycles. The Hall–Kier alpha value is -1.59. The summed E-state index contributed by atoms with van der Waals surface area (Å²) >= 11 is 0. The predicted octanol–water partition coefficient (Wildman–Crippen LogP) is 5.28. The highest BCUT2D eigenvalue weighted by Crippen LogP contribution is 2.28. The average Bonchev–Trinajstić information content (AvgIpc) is 2.79. The lowest BCUT2D eigenvalue weighted by Gasteiger charge is -2.28. The molecule has 164 valence electrons. The van der Waals surface area contributed by atoms with Crippen LogP contribution in [0.15, 0.2) is 65.7 Å². The van der Waals surface area contributed by atoms with Gasteiger partial charge in [0.15, 0.2) is 0 Å². The number of benzene rings is 2. The molecule has 6 heteroatoms. The van der Waals surface area contributed by atoms with Crippen molar-refractivity contribution in [2.24, 2.45) is 4.99 Å². The number of aliphatic imine (C=N–C) groups is 1. The molecule has 0 bridgehead atoms. The van der Waals surface area contributed by atoms with E-state index in [1.54, 1.807) is 0 Å². The van der Waals surface area contributed by atoms with Gasteiger partial charge in [0.2, 0.25) is 0 Å². The molecule has 0 spiro atoms. The number of nitrogens with one attached hydrogen (secondary N) is 2. The molecule has 0 saturated heterocycles. The Morgan fingerprint density at radius 3 is 2.03 bits per heavy atom. The van der Waals surface area contributed by atoms with Gasteiger partial charge in [-0.25, -0.2) is 0 Å². The van der Waals surface area contributed by atoms with Crippen molar-refractivity contribution in [2.75, 3.05) is 13.1 Å². The average molecular weight is 450 g/mol. The Kier molecular flexibility index (Phi) is 10.7. The van der Waals surface area contributed by atoms with Crippen LogP contribution in [0, 0.1) is 0 Å². The van der Waals surface area contributed by atoms with Gasteiger partial charge in [-0.3, -0.25) is 15.3 Å². The summed E-state index contributed by atoms with van der Waals surface area (Å²) in [4.78, 5) is 10.7. The van der Waals surface area contributed by atoms with Crippen LogP contribution in [0.25, 0.3) is 0 Å². The summed E-state index contributed by atoms with van der Waals surface area (Å²) in [6.07, 6.45) is 7.61. The molecule has 1 atom stereocenters. The number of hydrogen-bond acceptors (Lipinski definition) is 4. The fourth-order valence-electron chi connectivity index (χ4n) is 4.24. The van der Waals surface area contributed by atoms with E-state index < -0.39 is 0 Å². The Labute approximate surface area is 192 Å². The van der Waals surface area contributed by atoms with Crippen LogP contribution in [0.1, 0.15) is 55.6 Å². The Bertz CT molecular complexity index is 712. The maximum atomic E-state index is 5.91. The van der Waals surface area contributed by atoms with Crippen LogP contribution in [-0.4, -0.2) is 31.1 Å². The number of rotatable bonds is 7. The van der Waals surface area contributed by atoms with Crippen molar-refractivity contribution in [3.8, 4) is 0 Å². The second-order valence-corrected chi connectivity index (χ2v) is 7.95. The zero-order chi connectivity index (χ0) is 19.0. The van der Waals surface area contributed by atoms with Gasteiger partial charge in [0, 0.05) is 24.9 Å². The molecule has 1 aliphatic heterocycles. The van der Waals surface area contributed by atoms with E-state index >= 15 is 0 Å². The molecule has 0 radical (unpaired) electrons. The normalized spacial score (nSPS) is 19.2. The maximum Gasteiger partial charge on any atom is 0.121 e. The first-order valence-corrected chi connectivity index (χ1v) is 10.7. The van der Waals surface area contributed by atoms with Gasteiger partial charge < -0.3 is 5.32 Å². The first kappa shape index (κ1) is 24.7. The standard InChI is InChI=1S/C24H31N3O.2ClH/c1-4-10-19(11-5-1)23(20-12-6-2-7-13-20)16-24-26-18-22(28-27-24)17-25-21-14-8-3-9-15-21;;/h1-2,4-7,10-13,21-23,25H,3,8-9,14-18H2,(H,26,27);2*1H. The molecular formula is C24H33Cl2N3O. The first-order valence-electron chi connectivity index (χ1n) is 10.7. The number of amidine groups is 1. The van der Waals surface area contributed by atoms with Gasteiger partial charge in [-0.2, -0.15) is 0 Å². The number of hydrogen-bond donors (Lipinski definition) is 2. The second-order valence-electron chi connectivity index (χ2n) is 7.95. The summed E-state index contributed by atoms with van der Waals surface area (Å²) in [5, 5.41) is 3.66.